The van der Waals surface area contributed by atoms with Crippen molar-refractivity contribution in [2.45, 2.75) is 37.2 Å². The average Bonchev–Trinajstić information content (AvgIpc) is 3.25. The highest BCUT2D eigenvalue weighted by atomic mass is 31.1. The third kappa shape index (κ3) is 2.99. The summed E-state index contributed by atoms with van der Waals surface area (Å²) in [5.74, 6) is 0. The molecule has 2 heteroatoms. The lowest BCUT2D eigenvalue weighted by atomic mass is 9.94. The molecule has 2 aliphatic heterocycles. The van der Waals surface area contributed by atoms with Crippen molar-refractivity contribution in [3.8, 4) is 0 Å². The maximum absolute atomic E-state index is 2.42. The van der Waals surface area contributed by atoms with Gasteiger partial charge in [0.1, 0.15) is 0 Å². The van der Waals surface area contributed by atoms with E-state index in [2.05, 4.69) is 105 Å². The van der Waals surface area contributed by atoms with E-state index in [1.165, 1.54) is 17.0 Å². The first-order valence-corrected chi connectivity index (χ1v) is 13.0. The van der Waals surface area contributed by atoms with Crippen LogP contribution in [-0.2, 0) is 0 Å². The average molecular weight is 400 g/mol. The van der Waals surface area contributed by atoms with E-state index in [0.29, 0.717) is 0 Å². The fourth-order valence-corrected chi connectivity index (χ4v) is 12.9. The summed E-state index contributed by atoms with van der Waals surface area (Å²) in [5.41, 5.74) is 5.63. The Hall–Kier alpha value is -1.74. The van der Waals surface area contributed by atoms with Gasteiger partial charge in [0.2, 0.25) is 0 Å². The SMILES string of the molecule is CC1=C(C)[C@H]2[C@H](P(c3ccccc3)c3ccccc3)C[C@@H]1[P@@]2c1ccccc1. The summed E-state index contributed by atoms with van der Waals surface area (Å²) in [7, 11) is -0.488. The molecule has 0 N–H and O–H groups in total. The minimum absolute atomic E-state index is 0.141. The van der Waals surface area contributed by atoms with Crippen LogP contribution in [0.4, 0.5) is 0 Å². The van der Waals surface area contributed by atoms with Crippen LogP contribution < -0.4 is 15.9 Å². The van der Waals surface area contributed by atoms with Crippen LogP contribution in [0.25, 0.3) is 0 Å². The zero-order valence-electron chi connectivity index (χ0n) is 16.5. The monoisotopic (exact) mass is 400 g/mol. The van der Waals surface area contributed by atoms with Crippen molar-refractivity contribution in [2.75, 3.05) is 0 Å². The van der Waals surface area contributed by atoms with Gasteiger partial charge in [-0.2, -0.15) is 0 Å². The molecule has 0 aromatic heterocycles. The topological polar surface area (TPSA) is 0 Å². The van der Waals surface area contributed by atoms with Gasteiger partial charge in [-0.05, 0) is 49.8 Å². The Bertz CT molecular complexity index is 939. The van der Waals surface area contributed by atoms with Crippen LogP contribution in [0.15, 0.2) is 102 Å². The normalized spacial score (nSPS) is 26.2. The van der Waals surface area contributed by atoms with Gasteiger partial charge >= 0.3 is 0 Å². The van der Waals surface area contributed by atoms with E-state index in [0.717, 1.165) is 17.0 Å². The first-order chi connectivity index (χ1) is 13.8. The highest BCUT2D eigenvalue weighted by molar-refractivity contribution is 7.76. The van der Waals surface area contributed by atoms with Crippen molar-refractivity contribution < 1.29 is 0 Å². The lowest BCUT2D eigenvalue weighted by Crippen LogP contribution is -2.30. The largest absolute Gasteiger partial charge is 0.0660 e. The predicted octanol–water partition coefficient (Wildman–Crippen LogP) is 5.79. The summed E-state index contributed by atoms with van der Waals surface area (Å²) in [4.78, 5) is 0. The number of fused-ring (bicyclic) bond motifs is 2. The molecule has 4 atom stereocenters. The second-order valence-electron chi connectivity index (χ2n) is 7.91. The quantitative estimate of drug-likeness (QED) is 0.384. The fraction of sp³-hybridized carbons (Fsp3) is 0.231. The smallest absolute Gasteiger partial charge is 0.0120 e. The molecule has 1 fully saturated rings. The Morgan fingerprint density at radius 3 is 1.71 bits per heavy atom. The van der Waals surface area contributed by atoms with Crippen molar-refractivity contribution in [1.29, 1.82) is 0 Å². The van der Waals surface area contributed by atoms with Gasteiger partial charge in [-0.3, -0.25) is 0 Å². The van der Waals surface area contributed by atoms with Crippen molar-refractivity contribution in [1.82, 2.24) is 0 Å². The minimum atomic E-state index is -0.347. The maximum atomic E-state index is 2.42. The molecular formula is C26H26P2. The number of rotatable bonds is 4. The Morgan fingerprint density at radius 2 is 1.18 bits per heavy atom. The molecule has 0 saturated carbocycles. The molecule has 0 spiro atoms. The van der Waals surface area contributed by atoms with Crippen molar-refractivity contribution in [3.05, 3.63) is 102 Å². The molecule has 2 aliphatic rings. The summed E-state index contributed by atoms with van der Waals surface area (Å²) in [6, 6.07) is 34.0. The van der Waals surface area contributed by atoms with Crippen LogP contribution in [0.5, 0.6) is 0 Å². The molecule has 0 unspecified atom stereocenters. The van der Waals surface area contributed by atoms with E-state index in [1.807, 2.05) is 0 Å². The van der Waals surface area contributed by atoms with Gasteiger partial charge in [-0.15, -0.1) is 0 Å². The summed E-state index contributed by atoms with van der Waals surface area (Å²) in [6.45, 7) is 4.83. The van der Waals surface area contributed by atoms with E-state index < -0.39 is 0 Å². The molecule has 5 rings (SSSR count). The maximum Gasteiger partial charge on any atom is 0.0120 e. The van der Waals surface area contributed by atoms with Crippen LogP contribution in [0.3, 0.4) is 0 Å². The van der Waals surface area contributed by atoms with Crippen molar-refractivity contribution >= 4 is 31.8 Å². The molecule has 0 radical (unpaired) electrons. The standard InChI is InChI=1S/C26H26P2/c1-19-20(2)26-25(18-24(19)28(26)23-16-10-5-11-17-23)27(21-12-6-3-7-13-21)22-14-8-4-9-15-22/h3-17,24-26H,18H2,1-2H3/t24-,25+,26-,28+/m0/s1. The zero-order chi connectivity index (χ0) is 19.1. The summed E-state index contributed by atoms with van der Waals surface area (Å²) in [6.07, 6.45) is 1.35. The Morgan fingerprint density at radius 1 is 0.679 bits per heavy atom. The van der Waals surface area contributed by atoms with Crippen molar-refractivity contribution in [2.24, 2.45) is 0 Å². The van der Waals surface area contributed by atoms with E-state index in [9.17, 15) is 0 Å². The number of benzene rings is 3. The molecule has 3 aromatic carbocycles. The first-order valence-electron chi connectivity index (χ1n) is 10.2. The molecule has 0 nitrogen and oxygen atoms in total. The van der Waals surface area contributed by atoms with Crippen LogP contribution in [0.2, 0.25) is 0 Å². The van der Waals surface area contributed by atoms with Crippen LogP contribution >= 0.6 is 15.8 Å². The molecule has 28 heavy (non-hydrogen) atoms. The minimum Gasteiger partial charge on any atom is -0.0660 e. The van der Waals surface area contributed by atoms with Gasteiger partial charge in [0.25, 0.3) is 0 Å². The van der Waals surface area contributed by atoms with E-state index in [4.69, 9.17) is 0 Å². The fourth-order valence-electron chi connectivity index (χ4n) is 5.13. The van der Waals surface area contributed by atoms with Crippen LogP contribution in [-0.4, -0.2) is 17.0 Å². The molecule has 2 heterocycles. The first kappa shape index (κ1) is 18.3. The highest BCUT2D eigenvalue weighted by Gasteiger charge is 2.53. The Balaban J connectivity index is 1.61. The van der Waals surface area contributed by atoms with Gasteiger partial charge in [-0.1, -0.05) is 110 Å². The predicted molar refractivity (Wildman–Crippen MR) is 126 cm³/mol. The third-order valence-electron chi connectivity index (χ3n) is 6.48. The second-order valence-corrected chi connectivity index (χ2v) is 12.9. The number of hydrogen-bond donors (Lipinski definition) is 0. The van der Waals surface area contributed by atoms with Gasteiger partial charge in [-0.25, -0.2) is 0 Å². The van der Waals surface area contributed by atoms with Crippen molar-refractivity contribution in [3.63, 3.8) is 0 Å². The molecule has 0 amide bonds. The van der Waals surface area contributed by atoms with E-state index >= 15 is 0 Å². The Kier molecular flexibility index (Phi) is 4.96. The summed E-state index contributed by atoms with van der Waals surface area (Å²) < 4.78 is 0. The summed E-state index contributed by atoms with van der Waals surface area (Å²) >= 11 is 0. The van der Waals surface area contributed by atoms with Gasteiger partial charge in [0.05, 0.1) is 0 Å². The highest BCUT2D eigenvalue weighted by Crippen LogP contribution is 2.70. The second kappa shape index (κ2) is 7.59. The summed E-state index contributed by atoms with van der Waals surface area (Å²) in [5, 5.41) is 4.67. The third-order valence-corrected chi connectivity index (χ3v) is 13.1. The number of allylic oxidation sites excluding steroid dienone is 2. The van der Waals surface area contributed by atoms with Gasteiger partial charge in [0, 0.05) is 11.3 Å². The lowest BCUT2D eigenvalue weighted by molar-refractivity contribution is 0.756. The van der Waals surface area contributed by atoms with Crippen LogP contribution in [0, 0.1) is 0 Å². The molecule has 0 aliphatic carbocycles. The molecule has 1 saturated heterocycles. The Labute approximate surface area is 171 Å². The number of hydrogen-bond acceptors (Lipinski definition) is 0. The van der Waals surface area contributed by atoms with E-state index in [-0.39, 0.29) is 15.8 Å². The van der Waals surface area contributed by atoms with Gasteiger partial charge in [0.15, 0.2) is 0 Å². The van der Waals surface area contributed by atoms with E-state index in [1.54, 1.807) is 16.5 Å². The van der Waals surface area contributed by atoms with Gasteiger partial charge < -0.3 is 0 Å². The molecular weight excluding hydrogens is 374 g/mol. The molecule has 140 valence electrons. The molecule has 3 aromatic rings. The molecule has 2 bridgehead atoms. The van der Waals surface area contributed by atoms with Crippen LogP contribution in [0.1, 0.15) is 20.3 Å². The zero-order valence-corrected chi connectivity index (χ0v) is 18.3. The lowest BCUT2D eigenvalue weighted by Gasteiger charge is -2.33.